The number of nitrogens with zero attached hydrogens (tertiary/aromatic N) is 3. The number of hydrogen-bond acceptors (Lipinski definition) is 6. The molecule has 0 atom stereocenters. The van der Waals surface area contributed by atoms with E-state index in [9.17, 15) is 26.0 Å². The third kappa shape index (κ3) is 4.13. The highest BCUT2D eigenvalue weighted by atomic mass is 32.2. The lowest BCUT2D eigenvalue weighted by molar-refractivity contribution is -0.0435. The van der Waals surface area contributed by atoms with Gasteiger partial charge in [-0.3, -0.25) is 5.10 Å². The molecule has 12 heteroatoms. The van der Waals surface area contributed by atoms with E-state index in [1.807, 2.05) is 6.07 Å². The lowest BCUT2D eigenvalue weighted by Gasteiger charge is -2.23. The number of aromatic amines is 1. The fraction of sp³-hybridized carbons (Fsp3) is 0.333. The number of rotatable bonds is 6. The zero-order valence-corrected chi connectivity index (χ0v) is 14.8. The summed E-state index contributed by atoms with van der Waals surface area (Å²) in [6, 6.07) is 4.09. The SMILES string of the molecule is CN(CCCc1[nH]nc(N)c1C#N)c1ccc(F)cc1S(=O)(=O)C(F)(F)F. The van der Waals surface area contributed by atoms with Crippen LogP contribution in [0.15, 0.2) is 23.1 Å². The van der Waals surface area contributed by atoms with Crippen molar-refractivity contribution in [1.82, 2.24) is 10.2 Å². The zero-order valence-electron chi connectivity index (χ0n) is 14.0. The molecule has 0 fully saturated rings. The summed E-state index contributed by atoms with van der Waals surface area (Å²) in [6.07, 6.45) is 0.648. The van der Waals surface area contributed by atoms with Gasteiger partial charge in [0.15, 0.2) is 5.82 Å². The average molecular weight is 405 g/mol. The predicted octanol–water partition coefficient (Wildman–Crippen LogP) is 2.37. The van der Waals surface area contributed by atoms with E-state index in [0.717, 1.165) is 12.1 Å². The van der Waals surface area contributed by atoms with Gasteiger partial charge in [0.05, 0.1) is 11.4 Å². The van der Waals surface area contributed by atoms with E-state index >= 15 is 0 Å². The maximum absolute atomic E-state index is 13.4. The number of sulfone groups is 1. The molecule has 2 rings (SSSR count). The van der Waals surface area contributed by atoms with Gasteiger partial charge in [-0.05, 0) is 31.0 Å². The lowest BCUT2D eigenvalue weighted by Crippen LogP contribution is -2.27. The van der Waals surface area contributed by atoms with Crippen molar-refractivity contribution < 1.29 is 26.0 Å². The number of hydrogen-bond donors (Lipinski definition) is 2. The molecule has 1 heterocycles. The first-order chi connectivity index (χ1) is 12.5. The van der Waals surface area contributed by atoms with Crippen LogP contribution in [0.25, 0.3) is 0 Å². The number of nitrogens with one attached hydrogen (secondary N) is 1. The Hall–Kier alpha value is -2.81. The zero-order chi connectivity index (χ0) is 20.4. The van der Waals surface area contributed by atoms with Crippen LogP contribution >= 0.6 is 0 Å². The first-order valence-corrected chi connectivity index (χ1v) is 9.02. The maximum Gasteiger partial charge on any atom is 0.501 e. The summed E-state index contributed by atoms with van der Waals surface area (Å²) in [5.41, 5.74) is 0.328. The summed E-state index contributed by atoms with van der Waals surface area (Å²) in [6.45, 7) is 0.135. The molecule has 0 saturated carbocycles. The summed E-state index contributed by atoms with van der Waals surface area (Å²) in [5, 5.41) is 15.3. The van der Waals surface area contributed by atoms with Gasteiger partial charge in [0.2, 0.25) is 0 Å². The molecule has 2 aromatic rings. The van der Waals surface area contributed by atoms with Gasteiger partial charge in [0.1, 0.15) is 22.3 Å². The molecular formula is C15H15F4N5O2S. The fourth-order valence-corrected chi connectivity index (χ4v) is 3.47. The van der Waals surface area contributed by atoms with Gasteiger partial charge in [0, 0.05) is 13.6 Å². The van der Waals surface area contributed by atoms with E-state index in [-0.39, 0.29) is 23.6 Å². The van der Waals surface area contributed by atoms with Gasteiger partial charge >= 0.3 is 5.51 Å². The van der Waals surface area contributed by atoms with Crippen LogP contribution in [0.4, 0.5) is 29.1 Å². The molecule has 0 bridgehead atoms. The van der Waals surface area contributed by atoms with E-state index < -0.39 is 26.1 Å². The first-order valence-electron chi connectivity index (χ1n) is 7.54. The number of nitriles is 1. The number of alkyl halides is 3. The van der Waals surface area contributed by atoms with E-state index in [1.54, 1.807) is 0 Å². The van der Waals surface area contributed by atoms with Crippen molar-refractivity contribution >= 4 is 21.3 Å². The minimum absolute atomic E-state index is 0.0398. The number of aryl methyl sites for hydroxylation is 1. The summed E-state index contributed by atoms with van der Waals surface area (Å²) in [5.74, 6) is -1.06. The lowest BCUT2D eigenvalue weighted by atomic mass is 10.1. The topological polar surface area (TPSA) is 116 Å². The Bertz CT molecular complexity index is 979. The minimum Gasteiger partial charge on any atom is -0.381 e. The molecule has 0 saturated heterocycles. The quantitative estimate of drug-likeness (QED) is 0.713. The van der Waals surface area contributed by atoms with Gasteiger partial charge in [-0.15, -0.1) is 0 Å². The second-order valence-corrected chi connectivity index (χ2v) is 7.57. The van der Waals surface area contributed by atoms with Crippen molar-refractivity contribution in [1.29, 1.82) is 5.26 Å². The summed E-state index contributed by atoms with van der Waals surface area (Å²) < 4.78 is 75.5. The van der Waals surface area contributed by atoms with E-state index in [1.165, 1.54) is 11.9 Å². The molecule has 1 aromatic carbocycles. The van der Waals surface area contributed by atoms with Gasteiger partial charge < -0.3 is 10.6 Å². The van der Waals surface area contributed by atoms with Gasteiger partial charge in [0.25, 0.3) is 9.84 Å². The molecule has 0 aliphatic carbocycles. The van der Waals surface area contributed by atoms with E-state index in [4.69, 9.17) is 11.0 Å². The van der Waals surface area contributed by atoms with Crippen molar-refractivity contribution in [2.24, 2.45) is 0 Å². The third-order valence-electron chi connectivity index (χ3n) is 3.83. The Kier molecular flexibility index (Phi) is 5.65. The highest BCUT2D eigenvalue weighted by Gasteiger charge is 2.48. The number of benzene rings is 1. The molecule has 0 amide bonds. The smallest absolute Gasteiger partial charge is 0.381 e. The Morgan fingerprint density at radius 2 is 2.04 bits per heavy atom. The van der Waals surface area contributed by atoms with Crippen LogP contribution in [0.1, 0.15) is 17.7 Å². The Morgan fingerprint density at radius 1 is 1.37 bits per heavy atom. The van der Waals surface area contributed by atoms with Crippen LogP contribution in [-0.4, -0.2) is 37.7 Å². The van der Waals surface area contributed by atoms with Crippen LogP contribution in [0.3, 0.4) is 0 Å². The van der Waals surface area contributed by atoms with Gasteiger partial charge in [-0.2, -0.15) is 23.5 Å². The molecule has 0 aliphatic rings. The number of nitrogens with two attached hydrogens (primary N) is 1. The first kappa shape index (κ1) is 20.5. The maximum atomic E-state index is 13.4. The predicted molar refractivity (Wildman–Crippen MR) is 88.9 cm³/mol. The number of aromatic nitrogens is 2. The summed E-state index contributed by atoms with van der Waals surface area (Å²) >= 11 is 0. The van der Waals surface area contributed by atoms with Crippen LogP contribution in [0, 0.1) is 17.1 Å². The largest absolute Gasteiger partial charge is 0.501 e. The molecule has 0 radical (unpaired) electrons. The van der Waals surface area contributed by atoms with Gasteiger partial charge in [-0.25, -0.2) is 12.8 Å². The number of H-pyrrole nitrogens is 1. The van der Waals surface area contributed by atoms with Crippen LogP contribution < -0.4 is 10.6 Å². The molecule has 3 N–H and O–H groups in total. The Balaban J connectivity index is 2.22. The molecule has 0 unspecified atom stereocenters. The van der Waals surface area contributed by atoms with Gasteiger partial charge in [-0.1, -0.05) is 0 Å². The van der Waals surface area contributed by atoms with Crippen LogP contribution in [-0.2, 0) is 16.3 Å². The Morgan fingerprint density at radius 3 is 2.63 bits per heavy atom. The van der Waals surface area contributed by atoms with Crippen molar-refractivity contribution in [2.45, 2.75) is 23.2 Å². The van der Waals surface area contributed by atoms with Crippen molar-refractivity contribution in [3.63, 3.8) is 0 Å². The minimum atomic E-state index is -5.72. The van der Waals surface area contributed by atoms with Crippen molar-refractivity contribution in [2.75, 3.05) is 24.2 Å². The summed E-state index contributed by atoms with van der Waals surface area (Å²) in [7, 11) is -4.33. The van der Waals surface area contributed by atoms with Crippen LogP contribution in [0.2, 0.25) is 0 Å². The molecule has 146 valence electrons. The second-order valence-electron chi connectivity index (χ2n) is 5.66. The normalized spacial score (nSPS) is 12.0. The molecule has 1 aromatic heterocycles. The number of halogens is 4. The molecular weight excluding hydrogens is 390 g/mol. The number of nitrogen functional groups attached to an aromatic ring is 1. The summed E-state index contributed by atoms with van der Waals surface area (Å²) in [4.78, 5) is 0.116. The fourth-order valence-electron chi connectivity index (χ4n) is 2.46. The highest BCUT2D eigenvalue weighted by Crippen LogP contribution is 2.36. The molecule has 0 spiro atoms. The molecule has 0 aliphatic heterocycles. The monoisotopic (exact) mass is 405 g/mol. The van der Waals surface area contributed by atoms with Crippen molar-refractivity contribution in [3.8, 4) is 6.07 Å². The second kappa shape index (κ2) is 7.43. The highest BCUT2D eigenvalue weighted by molar-refractivity contribution is 7.92. The Labute approximate surface area is 152 Å². The van der Waals surface area contributed by atoms with Crippen LogP contribution in [0.5, 0.6) is 0 Å². The third-order valence-corrected chi connectivity index (χ3v) is 5.34. The van der Waals surface area contributed by atoms with E-state index in [0.29, 0.717) is 24.6 Å². The standard InChI is InChI=1S/C15H15F4N5O2S/c1-24(6-2-3-11-10(8-20)14(21)23-22-11)12-5-4-9(16)7-13(12)27(25,26)15(17,18)19/h4-5,7H,2-3,6H2,1H3,(H3,21,22,23). The molecule has 7 nitrogen and oxygen atoms in total. The van der Waals surface area contributed by atoms with E-state index in [2.05, 4.69) is 10.2 Å². The number of anilines is 2. The van der Waals surface area contributed by atoms with Crippen molar-refractivity contribution in [3.05, 3.63) is 35.3 Å². The average Bonchev–Trinajstić information content (AvgIpc) is 2.93. The molecule has 27 heavy (non-hydrogen) atoms.